The smallest absolute Gasteiger partial charge is 0.314 e. The molecule has 0 aromatic carbocycles. The molecule has 1 rings (SSSR count). The van der Waals surface area contributed by atoms with Gasteiger partial charge >= 0.3 is 11.8 Å². The lowest BCUT2D eigenvalue weighted by atomic mass is 10.4. The summed E-state index contributed by atoms with van der Waals surface area (Å²) in [6.07, 6.45) is 1.51. The Morgan fingerprint density at radius 2 is 2.11 bits per heavy atom. The number of hydrogen-bond donors (Lipinski definition) is 3. The second-order valence-electron chi connectivity index (χ2n) is 3.26. The quantitative estimate of drug-likeness (QED) is 0.452. The van der Waals surface area contributed by atoms with Crippen LogP contribution in [0.4, 0.5) is 5.82 Å². The second kappa shape index (κ2) is 8.15. The molecule has 0 radical (unpaired) electrons. The Kier molecular flexibility index (Phi) is 6.37. The molecule has 0 saturated carbocycles. The van der Waals surface area contributed by atoms with E-state index in [1.807, 2.05) is 0 Å². The third-order valence-corrected chi connectivity index (χ3v) is 1.88. The standard InChI is InChI=1S/C11H15N3O4/c15-6-8-18-7-5-13-10(16)11(17)14-9-3-1-2-4-12-9/h1-4,15H,5-8H2,(H,13,16)(H,12,14,17). The number of aromatic nitrogens is 1. The van der Waals surface area contributed by atoms with Crippen molar-refractivity contribution in [2.24, 2.45) is 0 Å². The summed E-state index contributed by atoms with van der Waals surface area (Å²) in [6.45, 7) is 0.571. The summed E-state index contributed by atoms with van der Waals surface area (Å²) in [5.74, 6) is -1.22. The van der Waals surface area contributed by atoms with Crippen LogP contribution in [0.25, 0.3) is 0 Å². The van der Waals surface area contributed by atoms with E-state index in [0.717, 1.165) is 0 Å². The molecule has 3 N–H and O–H groups in total. The second-order valence-corrected chi connectivity index (χ2v) is 3.26. The van der Waals surface area contributed by atoms with Gasteiger partial charge in [-0.1, -0.05) is 6.07 Å². The lowest BCUT2D eigenvalue weighted by molar-refractivity contribution is -0.136. The zero-order valence-corrected chi connectivity index (χ0v) is 9.76. The number of rotatable bonds is 6. The zero-order chi connectivity index (χ0) is 13.2. The molecule has 0 aliphatic heterocycles. The number of amides is 2. The Morgan fingerprint density at radius 3 is 2.78 bits per heavy atom. The molecule has 7 heteroatoms. The molecule has 18 heavy (non-hydrogen) atoms. The van der Waals surface area contributed by atoms with Crippen molar-refractivity contribution in [1.82, 2.24) is 10.3 Å². The minimum atomic E-state index is -0.782. The molecule has 98 valence electrons. The predicted octanol–water partition coefficient (Wildman–Crippen LogP) is -0.855. The van der Waals surface area contributed by atoms with E-state index in [1.165, 1.54) is 6.20 Å². The van der Waals surface area contributed by atoms with E-state index in [0.29, 0.717) is 5.82 Å². The maximum atomic E-state index is 11.4. The van der Waals surface area contributed by atoms with Crippen molar-refractivity contribution >= 4 is 17.6 Å². The number of nitrogens with zero attached hydrogens (tertiary/aromatic N) is 1. The molecular weight excluding hydrogens is 238 g/mol. The highest BCUT2D eigenvalue weighted by Gasteiger charge is 2.12. The average Bonchev–Trinajstić information content (AvgIpc) is 2.39. The van der Waals surface area contributed by atoms with E-state index >= 15 is 0 Å². The number of ether oxygens (including phenoxy) is 1. The van der Waals surface area contributed by atoms with Crippen molar-refractivity contribution in [3.8, 4) is 0 Å². The van der Waals surface area contributed by atoms with Gasteiger partial charge in [0, 0.05) is 12.7 Å². The Morgan fingerprint density at radius 1 is 1.28 bits per heavy atom. The van der Waals surface area contributed by atoms with Gasteiger partial charge in [0.1, 0.15) is 5.82 Å². The monoisotopic (exact) mass is 253 g/mol. The third kappa shape index (κ3) is 5.37. The molecule has 0 aliphatic carbocycles. The SMILES string of the molecule is O=C(NCCOCCO)C(=O)Nc1ccccn1. The molecule has 1 aromatic rings. The number of pyridine rings is 1. The minimum absolute atomic E-state index is 0.0753. The van der Waals surface area contributed by atoms with Gasteiger partial charge in [-0.15, -0.1) is 0 Å². The largest absolute Gasteiger partial charge is 0.394 e. The van der Waals surface area contributed by atoms with E-state index in [4.69, 9.17) is 9.84 Å². The summed E-state index contributed by atoms with van der Waals surface area (Å²) in [7, 11) is 0. The topological polar surface area (TPSA) is 101 Å². The van der Waals surface area contributed by atoms with Gasteiger partial charge in [0.25, 0.3) is 0 Å². The van der Waals surface area contributed by atoms with Crippen molar-refractivity contribution in [2.75, 3.05) is 31.7 Å². The molecule has 0 bridgehead atoms. The van der Waals surface area contributed by atoms with Gasteiger partial charge in [-0.2, -0.15) is 0 Å². The first-order valence-electron chi connectivity index (χ1n) is 5.43. The predicted molar refractivity (Wildman–Crippen MR) is 63.8 cm³/mol. The van der Waals surface area contributed by atoms with E-state index < -0.39 is 11.8 Å². The van der Waals surface area contributed by atoms with Crippen LogP contribution >= 0.6 is 0 Å². The molecule has 0 saturated heterocycles. The van der Waals surface area contributed by atoms with Crippen molar-refractivity contribution in [3.05, 3.63) is 24.4 Å². The Hall–Kier alpha value is -1.99. The summed E-state index contributed by atoms with van der Waals surface area (Å²) < 4.78 is 4.92. The summed E-state index contributed by atoms with van der Waals surface area (Å²) in [4.78, 5) is 26.6. The van der Waals surface area contributed by atoms with E-state index in [2.05, 4.69) is 15.6 Å². The van der Waals surface area contributed by atoms with Gasteiger partial charge in [-0.05, 0) is 12.1 Å². The highest BCUT2D eigenvalue weighted by molar-refractivity contribution is 6.39. The van der Waals surface area contributed by atoms with Crippen molar-refractivity contribution < 1.29 is 19.4 Å². The molecule has 0 unspecified atom stereocenters. The fourth-order valence-electron chi connectivity index (χ4n) is 1.09. The van der Waals surface area contributed by atoms with Crippen LogP contribution in [0.3, 0.4) is 0 Å². The molecule has 2 amide bonds. The van der Waals surface area contributed by atoms with Crippen LogP contribution in [-0.2, 0) is 14.3 Å². The summed E-state index contributed by atoms with van der Waals surface area (Å²) >= 11 is 0. The summed E-state index contributed by atoms with van der Waals surface area (Å²) in [6, 6.07) is 4.98. The number of carbonyl (C=O) groups is 2. The van der Waals surface area contributed by atoms with Gasteiger partial charge in [-0.3, -0.25) is 9.59 Å². The lowest BCUT2D eigenvalue weighted by Crippen LogP contribution is -2.37. The van der Waals surface area contributed by atoms with Gasteiger partial charge in [0.05, 0.1) is 19.8 Å². The maximum absolute atomic E-state index is 11.4. The highest BCUT2D eigenvalue weighted by atomic mass is 16.5. The molecular formula is C11H15N3O4. The number of anilines is 1. The fourth-order valence-corrected chi connectivity index (χ4v) is 1.09. The van der Waals surface area contributed by atoms with Crippen LogP contribution in [0.2, 0.25) is 0 Å². The fraction of sp³-hybridized carbons (Fsp3) is 0.364. The van der Waals surface area contributed by atoms with Gasteiger partial charge in [0.15, 0.2) is 0 Å². The molecule has 0 fully saturated rings. The summed E-state index contributed by atoms with van der Waals surface area (Å²) in [5, 5.41) is 13.2. The Balaban J connectivity index is 2.23. The summed E-state index contributed by atoms with van der Waals surface area (Å²) in [5.41, 5.74) is 0. The van der Waals surface area contributed by atoms with Crippen LogP contribution < -0.4 is 10.6 Å². The first kappa shape index (κ1) is 14.1. The molecule has 0 spiro atoms. The van der Waals surface area contributed by atoms with Crippen LogP contribution in [-0.4, -0.2) is 48.3 Å². The molecule has 7 nitrogen and oxygen atoms in total. The van der Waals surface area contributed by atoms with Gasteiger partial charge in [-0.25, -0.2) is 4.98 Å². The third-order valence-electron chi connectivity index (χ3n) is 1.88. The van der Waals surface area contributed by atoms with E-state index in [-0.39, 0.29) is 26.4 Å². The number of carbonyl (C=O) groups excluding carboxylic acids is 2. The average molecular weight is 253 g/mol. The van der Waals surface area contributed by atoms with Crippen molar-refractivity contribution in [1.29, 1.82) is 0 Å². The van der Waals surface area contributed by atoms with Crippen LogP contribution in [0.1, 0.15) is 0 Å². The molecule has 1 heterocycles. The Bertz CT molecular complexity index is 383. The van der Waals surface area contributed by atoms with Crippen LogP contribution in [0, 0.1) is 0 Å². The number of hydrogen-bond acceptors (Lipinski definition) is 5. The first-order chi connectivity index (χ1) is 8.74. The molecule has 1 aromatic heterocycles. The Labute approximate surface area is 104 Å². The van der Waals surface area contributed by atoms with E-state index in [1.54, 1.807) is 18.2 Å². The maximum Gasteiger partial charge on any atom is 0.314 e. The first-order valence-corrected chi connectivity index (χ1v) is 5.43. The molecule has 0 aliphatic rings. The molecule has 0 atom stereocenters. The van der Waals surface area contributed by atoms with Crippen molar-refractivity contribution in [2.45, 2.75) is 0 Å². The number of nitrogens with one attached hydrogen (secondary N) is 2. The number of aliphatic hydroxyl groups is 1. The zero-order valence-electron chi connectivity index (χ0n) is 9.76. The lowest BCUT2D eigenvalue weighted by Gasteiger charge is -2.06. The van der Waals surface area contributed by atoms with Crippen LogP contribution in [0.5, 0.6) is 0 Å². The van der Waals surface area contributed by atoms with Gasteiger partial charge < -0.3 is 20.5 Å². The van der Waals surface area contributed by atoms with E-state index in [9.17, 15) is 9.59 Å². The number of aliphatic hydroxyl groups excluding tert-OH is 1. The normalized spacial score (nSPS) is 9.83. The minimum Gasteiger partial charge on any atom is -0.394 e. The van der Waals surface area contributed by atoms with Crippen LogP contribution in [0.15, 0.2) is 24.4 Å². The van der Waals surface area contributed by atoms with Crippen molar-refractivity contribution in [3.63, 3.8) is 0 Å². The van der Waals surface area contributed by atoms with Gasteiger partial charge in [0.2, 0.25) is 0 Å². The highest BCUT2D eigenvalue weighted by Crippen LogP contribution is 1.98.